The molecule has 152 valence electrons. The molecule has 0 unspecified atom stereocenters. The summed E-state index contributed by atoms with van der Waals surface area (Å²) < 4.78 is 0. The molecule has 1 N–H and O–H groups in total. The van der Waals surface area contributed by atoms with Crippen molar-refractivity contribution >= 4 is 38.7 Å². The van der Waals surface area contributed by atoms with Crippen molar-refractivity contribution in [1.29, 1.82) is 0 Å². The Kier molecular flexibility index (Phi) is 4.66. The van der Waals surface area contributed by atoms with Gasteiger partial charge in [-0.3, -0.25) is 4.98 Å². The molecule has 5 aromatic rings. The van der Waals surface area contributed by atoms with E-state index >= 15 is 0 Å². The molecule has 31 heavy (non-hydrogen) atoms. The molecule has 0 atom stereocenters. The summed E-state index contributed by atoms with van der Waals surface area (Å²) in [5, 5.41) is 15.3. The van der Waals surface area contributed by atoms with Crippen molar-refractivity contribution in [3.63, 3.8) is 0 Å². The minimum atomic E-state index is 0.577. The number of pyridine rings is 1. The van der Waals surface area contributed by atoms with Crippen LogP contribution >= 0.6 is 22.7 Å². The molecule has 0 saturated carbocycles. The minimum absolute atomic E-state index is 0.577. The number of rotatable bonds is 5. The van der Waals surface area contributed by atoms with Crippen molar-refractivity contribution in [2.24, 2.45) is 0 Å². The van der Waals surface area contributed by atoms with Crippen LogP contribution in [0.4, 0.5) is 5.82 Å². The third-order valence-electron chi connectivity index (χ3n) is 5.38. The summed E-state index contributed by atoms with van der Waals surface area (Å²) in [5.41, 5.74) is 3.41. The van der Waals surface area contributed by atoms with Gasteiger partial charge in [-0.2, -0.15) is 0 Å². The number of anilines is 1. The van der Waals surface area contributed by atoms with Crippen LogP contribution in [-0.4, -0.2) is 25.1 Å². The fourth-order valence-corrected chi connectivity index (χ4v) is 5.98. The lowest BCUT2D eigenvalue weighted by Gasteiger charge is -2.09. The molecule has 0 bridgehead atoms. The van der Waals surface area contributed by atoms with Crippen molar-refractivity contribution < 1.29 is 0 Å². The molecule has 0 radical (unpaired) electrons. The van der Waals surface area contributed by atoms with Crippen molar-refractivity contribution in [2.45, 2.75) is 25.8 Å². The molecule has 8 heteroatoms. The summed E-state index contributed by atoms with van der Waals surface area (Å²) in [4.78, 5) is 16.5. The number of aromatic nitrogens is 5. The first kappa shape index (κ1) is 18.5. The molecular formula is C23H18N6S2. The van der Waals surface area contributed by atoms with E-state index in [2.05, 4.69) is 32.6 Å². The third kappa shape index (κ3) is 3.47. The Hall–Kier alpha value is -3.23. The van der Waals surface area contributed by atoms with Crippen LogP contribution in [0.25, 0.3) is 32.2 Å². The molecule has 1 aliphatic rings. The van der Waals surface area contributed by atoms with E-state index in [4.69, 9.17) is 9.97 Å². The second kappa shape index (κ2) is 7.79. The Morgan fingerprint density at radius 3 is 2.68 bits per heavy atom. The molecule has 0 fully saturated rings. The first-order chi connectivity index (χ1) is 15.3. The zero-order valence-corrected chi connectivity index (χ0v) is 18.2. The van der Waals surface area contributed by atoms with Crippen molar-refractivity contribution in [3.8, 4) is 22.0 Å². The van der Waals surface area contributed by atoms with E-state index in [-0.39, 0.29) is 0 Å². The van der Waals surface area contributed by atoms with E-state index < -0.39 is 0 Å². The number of aryl methyl sites for hydroxylation is 2. The highest BCUT2D eigenvalue weighted by Crippen LogP contribution is 2.40. The van der Waals surface area contributed by atoms with Gasteiger partial charge in [-0.15, -0.1) is 21.5 Å². The molecular weight excluding hydrogens is 424 g/mol. The normalized spacial score (nSPS) is 12.9. The smallest absolute Gasteiger partial charge is 0.164 e. The van der Waals surface area contributed by atoms with Crippen molar-refractivity contribution in [1.82, 2.24) is 25.1 Å². The number of thiophene rings is 1. The Morgan fingerprint density at radius 1 is 0.903 bits per heavy atom. The van der Waals surface area contributed by atoms with Gasteiger partial charge < -0.3 is 5.32 Å². The fourth-order valence-electron chi connectivity index (χ4n) is 3.93. The molecule has 4 aromatic heterocycles. The van der Waals surface area contributed by atoms with Gasteiger partial charge in [0.25, 0.3) is 0 Å². The lowest BCUT2D eigenvalue weighted by molar-refractivity contribution is 0.917. The van der Waals surface area contributed by atoms with Crippen LogP contribution in [0.2, 0.25) is 0 Å². The minimum Gasteiger partial charge on any atom is -0.363 e. The zero-order chi connectivity index (χ0) is 20.6. The average molecular weight is 443 g/mol. The topological polar surface area (TPSA) is 76.5 Å². The van der Waals surface area contributed by atoms with Crippen LogP contribution in [0.3, 0.4) is 0 Å². The Bertz CT molecular complexity index is 1360. The van der Waals surface area contributed by atoms with Gasteiger partial charge in [0.05, 0.1) is 11.9 Å². The number of nitrogens with one attached hydrogen (secondary N) is 1. The van der Waals surface area contributed by atoms with E-state index in [1.165, 1.54) is 16.9 Å². The van der Waals surface area contributed by atoms with Gasteiger partial charge in [-0.1, -0.05) is 41.7 Å². The molecule has 6 nitrogen and oxygen atoms in total. The van der Waals surface area contributed by atoms with E-state index in [1.54, 1.807) is 28.9 Å². The lowest BCUT2D eigenvalue weighted by atomic mass is 10.2. The standard InChI is InChI=1S/C23H18N6S2/c1-2-6-14(7-3-1)22-29-28-18(31-22)13-25-21-19-16-9-4-10-17(16)30-23(19)27-20(26-21)15-8-5-11-24-12-15/h1-3,5-8,11-12H,4,9-10,13H2,(H,25,26,27). The van der Waals surface area contributed by atoms with Gasteiger partial charge in [0.15, 0.2) is 5.82 Å². The van der Waals surface area contributed by atoms with Crippen molar-refractivity contribution in [3.05, 3.63) is 70.3 Å². The summed E-state index contributed by atoms with van der Waals surface area (Å²) in [6.07, 6.45) is 7.01. The van der Waals surface area contributed by atoms with Gasteiger partial charge >= 0.3 is 0 Å². The maximum atomic E-state index is 4.90. The van der Waals surface area contributed by atoms with Crippen molar-refractivity contribution in [2.75, 3.05) is 5.32 Å². The predicted molar refractivity (Wildman–Crippen MR) is 125 cm³/mol. The largest absolute Gasteiger partial charge is 0.363 e. The SMILES string of the molecule is c1ccc(-c2nnc(CNc3nc(-c4cccnc4)nc4sc5c(c34)CCC5)s2)cc1. The Labute approximate surface area is 187 Å². The van der Waals surface area contributed by atoms with Crippen LogP contribution in [0.1, 0.15) is 21.9 Å². The van der Waals surface area contributed by atoms with Crippen LogP contribution in [0.5, 0.6) is 0 Å². The lowest BCUT2D eigenvalue weighted by Crippen LogP contribution is -2.04. The van der Waals surface area contributed by atoms with Crippen LogP contribution in [0, 0.1) is 0 Å². The maximum absolute atomic E-state index is 4.90. The summed E-state index contributed by atoms with van der Waals surface area (Å²) >= 11 is 3.40. The number of hydrogen-bond acceptors (Lipinski definition) is 8. The number of benzene rings is 1. The number of nitrogens with zero attached hydrogens (tertiary/aromatic N) is 5. The Morgan fingerprint density at radius 2 is 1.81 bits per heavy atom. The van der Waals surface area contributed by atoms with E-state index in [1.807, 2.05) is 36.5 Å². The van der Waals surface area contributed by atoms with E-state index in [0.717, 1.165) is 50.0 Å². The van der Waals surface area contributed by atoms with E-state index in [9.17, 15) is 0 Å². The second-order valence-corrected chi connectivity index (χ2v) is 9.54. The molecule has 0 saturated heterocycles. The summed E-state index contributed by atoms with van der Waals surface area (Å²) in [6, 6.07) is 14.1. The maximum Gasteiger partial charge on any atom is 0.164 e. The first-order valence-corrected chi connectivity index (χ1v) is 11.8. The third-order valence-corrected chi connectivity index (χ3v) is 7.54. The highest BCUT2D eigenvalue weighted by Gasteiger charge is 2.23. The molecule has 4 heterocycles. The monoisotopic (exact) mass is 442 g/mol. The number of hydrogen-bond donors (Lipinski definition) is 1. The van der Waals surface area contributed by atoms with Gasteiger partial charge in [-0.25, -0.2) is 9.97 Å². The Balaban J connectivity index is 1.36. The second-order valence-electron chi connectivity index (χ2n) is 7.40. The highest BCUT2D eigenvalue weighted by atomic mass is 32.1. The summed E-state index contributed by atoms with van der Waals surface area (Å²) in [7, 11) is 0. The fraction of sp³-hybridized carbons (Fsp3) is 0.174. The zero-order valence-electron chi connectivity index (χ0n) is 16.6. The molecule has 0 spiro atoms. The van der Waals surface area contributed by atoms with Gasteiger partial charge in [0.2, 0.25) is 0 Å². The average Bonchev–Trinajstić information content (AvgIpc) is 3.55. The summed E-state index contributed by atoms with van der Waals surface area (Å²) in [6.45, 7) is 0.577. The highest BCUT2D eigenvalue weighted by molar-refractivity contribution is 7.19. The van der Waals surface area contributed by atoms with E-state index in [0.29, 0.717) is 12.4 Å². The van der Waals surface area contributed by atoms with Crippen LogP contribution in [0.15, 0.2) is 54.9 Å². The molecule has 1 aromatic carbocycles. The van der Waals surface area contributed by atoms with Gasteiger partial charge in [-0.05, 0) is 37.0 Å². The molecule has 0 aliphatic heterocycles. The number of fused-ring (bicyclic) bond motifs is 3. The molecule has 0 amide bonds. The quantitative estimate of drug-likeness (QED) is 0.394. The molecule has 1 aliphatic carbocycles. The van der Waals surface area contributed by atoms with Crippen LogP contribution < -0.4 is 5.32 Å². The van der Waals surface area contributed by atoms with Crippen LogP contribution in [-0.2, 0) is 19.4 Å². The summed E-state index contributed by atoms with van der Waals surface area (Å²) in [5.74, 6) is 1.57. The predicted octanol–water partition coefficient (Wildman–Crippen LogP) is 5.37. The first-order valence-electron chi connectivity index (χ1n) is 10.2. The molecule has 6 rings (SSSR count). The van der Waals surface area contributed by atoms with Gasteiger partial charge in [0.1, 0.15) is 20.7 Å². The van der Waals surface area contributed by atoms with Gasteiger partial charge in [0, 0.05) is 28.4 Å².